The molecule has 105 heavy (non-hydrogen) atoms. The number of aromatic amines is 1. The molecular formula is C98H59ClN6. The van der Waals surface area contributed by atoms with Gasteiger partial charge in [-0.3, -0.25) is 4.57 Å². The van der Waals surface area contributed by atoms with Crippen LogP contribution in [-0.2, 0) is 0 Å². The van der Waals surface area contributed by atoms with Crippen LogP contribution < -0.4 is 0 Å². The molecule has 0 amide bonds. The highest BCUT2D eigenvalue weighted by atomic mass is 35.5. The minimum atomic E-state index is 0.550. The first kappa shape index (κ1) is 59.1. The molecule has 0 unspecified atom stereocenters. The molecule has 16 aromatic carbocycles. The van der Waals surface area contributed by atoms with E-state index in [2.05, 4.69) is 369 Å². The highest BCUT2D eigenvalue weighted by Gasteiger charge is 2.27. The molecular weight excluding hydrogens is 1300 g/mol. The van der Waals surface area contributed by atoms with Crippen molar-refractivity contribution in [1.29, 1.82) is 0 Å². The van der Waals surface area contributed by atoms with E-state index < -0.39 is 0 Å². The Hall–Kier alpha value is -13.7. The third kappa shape index (κ3) is 9.10. The third-order valence-corrected chi connectivity index (χ3v) is 22.3. The van der Waals surface area contributed by atoms with E-state index in [1.54, 1.807) is 0 Å². The number of benzene rings is 16. The summed E-state index contributed by atoms with van der Waals surface area (Å²) in [6.07, 6.45) is 0. The Morgan fingerprint density at radius 2 is 0.638 bits per heavy atom. The van der Waals surface area contributed by atoms with Crippen LogP contribution in [-0.4, -0.2) is 28.7 Å². The van der Waals surface area contributed by atoms with Gasteiger partial charge in [0.25, 0.3) is 0 Å². The predicted molar refractivity (Wildman–Crippen MR) is 442 cm³/mol. The fraction of sp³-hybridized carbons (Fsp3) is 0. The summed E-state index contributed by atoms with van der Waals surface area (Å²) in [5.41, 5.74) is 26.1. The molecule has 7 heteroatoms. The van der Waals surface area contributed by atoms with Crippen molar-refractivity contribution in [3.05, 3.63) is 357 Å². The summed E-state index contributed by atoms with van der Waals surface area (Å²) < 4.78 is 7.10. The van der Waals surface area contributed by atoms with E-state index in [1.807, 2.05) is 6.07 Å². The highest BCUT2D eigenvalue weighted by molar-refractivity contribution is 6.30. The number of hydrogen-bond donors (Lipinski definition) is 1. The monoisotopic (exact) mass is 1350 g/mol. The average molecular weight is 1360 g/mol. The smallest absolute Gasteiger partial charge is 0.138 e. The van der Waals surface area contributed by atoms with Crippen LogP contribution in [0.5, 0.6) is 0 Å². The van der Waals surface area contributed by atoms with E-state index in [4.69, 9.17) is 16.6 Å². The number of pyridine rings is 2. The predicted octanol–water partition coefficient (Wildman–Crippen LogP) is 26.7. The first-order valence-electron chi connectivity index (χ1n) is 35.8. The van der Waals surface area contributed by atoms with Gasteiger partial charge in [-0.25, -0.2) is 9.97 Å². The molecule has 0 spiro atoms. The summed E-state index contributed by atoms with van der Waals surface area (Å²) >= 11 is 5.99. The number of para-hydroxylation sites is 4. The van der Waals surface area contributed by atoms with Crippen molar-refractivity contribution < 1.29 is 0 Å². The zero-order chi connectivity index (χ0) is 69.0. The van der Waals surface area contributed by atoms with Crippen LogP contribution in [0.1, 0.15) is 0 Å². The van der Waals surface area contributed by atoms with Crippen LogP contribution in [0.3, 0.4) is 0 Å². The summed E-state index contributed by atoms with van der Waals surface area (Å²) in [6, 6.07) is 127. The Balaban J connectivity index is 0.000000112. The molecule has 2 aliphatic rings. The number of nitrogens with one attached hydrogen (secondary N) is 1. The molecule has 0 atom stereocenters. The topological polar surface area (TPSA) is 56.4 Å². The molecule has 6 nitrogen and oxygen atoms in total. The molecule has 0 saturated heterocycles. The maximum Gasteiger partial charge on any atom is 0.138 e. The van der Waals surface area contributed by atoms with E-state index >= 15 is 0 Å². The second-order valence-electron chi connectivity index (χ2n) is 27.7. The van der Waals surface area contributed by atoms with Gasteiger partial charge in [0.2, 0.25) is 0 Å². The lowest BCUT2D eigenvalue weighted by molar-refractivity contribution is 1.09. The minimum absolute atomic E-state index is 0.550. The van der Waals surface area contributed by atoms with Gasteiger partial charge in [-0.1, -0.05) is 242 Å². The zero-order valence-electron chi connectivity index (χ0n) is 56.6. The van der Waals surface area contributed by atoms with Crippen LogP contribution in [0.25, 0.3) is 215 Å². The van der Waals surface area contributed by atoms with Gasteiger partial charge in [0.1, 0.15) is 11.0 Å². The zero-order valence-corrected chi connectivity index (χ0v) is 57.4. The summed E-state index contributed by atoms with van der Waals surface area (Å²) in [4.78, 5) is 13.5. The molecule has 6 heterocycles. The lowest BCUT2D eigenvalue weighted by atomic mass is 9.99. The van der Waals surface area contributed by atoms with Crippen LogP contribution in [0, 0.1) is 0 Å². The molecule has 0 radical (unpaired) electrons. The summed E-state index contributed by atoms with van der Waals surface area (Å²) in [5, 5.41) is 20.8. The van der Waals surface area contributed by atoms with Crippen LogP contribution >= 0.6 is 11.6 Å². The fourth-order valence-electron chi connectivity index (χ4n) is 17.5. The number of halogens is 1. The number of rotatable bonds is 5. The van der Waals surface area contributed by atoms with Crippen molar-refractivity contribution in [3.8, 4) is 84.2 Å². The van der Waals surface area contributed by atoms with Crippen molar-refractivity contribution in [2.24, 2.45) is 0 Å². The van der Waals surface area contributed by atoms with Crippen molar-refractivity contribution in [1.82, 2.24) is 28.7 Å². The van der Waals surface area contributed by atoms with Crippen molar-refractivity contribution in [3.63, 3.8) is 0 Å². The van der Waals surface area contributed by atoms with Crippen LogP contribution in [0.2, 0.25) is 5.15 Å². The van der Waals surface area contributed by atoms with E-state index in [0.717, 1.165) is 28.2 Å². The van der Waals surface area contributed by atoms with Gasteiger partial charge in [0.05, 0.1) is 44.5 Å². The first-order chi connectivity index (χ1) is 52.0. The largest absolute Gasteiger partial charge is 0.354 e. The Bertz CT molecular complexity index is 7410. The van der Waals surface area contributed by atoms with Gasteiger partial charge in [0.15, 0.2) is 0 Å². The molecule has 488 valence electrons. The van der Waals surface area contributed by atoms with E-state index in [9.17, 15) is 0 Å². The van der Waals surface area contributed by atoms with Crippen molar-refractivity contribution in [2.75, 3.05) is 0 Å². The molecule has 2 aliphatic carbocycles. The van der Waals surface area contributed by atoms with E-state index in [-0.39, 0.29) is 0 Å². The SMILES string of the molecule is Clc1ccc2c(n1)-c1cccc3cccc-2c13.c1ccc(-n2c3ccccc3c3cc(-c4ccc5[nH]c6ccc7ccccc7c6c5c4)ccc32)cc1.c1ccc(-n2c3ccccc3c3cc(-c4ccc5c(c4)c4c6ccccc6ccc4n5-c4ccc5c(n4)-c4cccc6cccc-5c46)ccc32)cc1. The van der Waals surface area contributed by atoms with E-state index in [0.29, 0.717) is 5.15 Å². The Labute approximate surface area is 607 Å². The number of aromatic nitrogens is 6. The second-order valence-corrected chi connectivity index (χ2v) is 28.1. The normalized spacial score (nSPS) is 12.0. The van der Waals surface area contributed by atoms with Gasteiger partial charge in [-0.15, -0.1) is 0 Å². The highest BCUT2D eigenvalue weighted by Crippen LogP contribution is 2.50. The van der Waals surface area contributed by atoms with Crippen LogP contribution in [0.4, 0.5) is 0 Å². The van der Waals surface area contributed by atoms with Gasteiger partial charge < -0.3 is 14.1 Å². The van der Waals surface area contributed by atoms with E-state index in [1.165, 1.54) is 186 Å². The fourth-order valence-corrected chi connectivity index (χ4v) is 17.6. The quantitative estimate of drug-likeness (QED) is 0.175. The molecule has 24 rings (SSSR count). The van der Waals surface area contributed by atoms with Gasteiger partial charge in [-0.05, 0) is 198 Å². The molecule has 0 saturated carbocycles. The lowest BCUT2D eigenvalue weighted by Crippen LogP contribution is -1.98. The van der Waals surface area contributed by atoms with Gasteiger partial charge in [0, 0.05) is 87.8 Å². The average Bonchev–Trinajstić information content (AvgIpc) is 1.57. The number of hydrogen-bond acceptors (Lipinski definition) is 2. The second kappa shape index (κ2) is 23.2. The lowest BCUT2D eigenvalue weighted by Gasteiger charge is -2.10. The molecule has 0 fully saturated rings. The van der Waals surface area contributed by atoms with Gasteiger partial charge >= 0.3 is 0 Å². The third-order valence-electron chi connectivity index (χ3n) is 22.1. The summed E-state index contributed by atoms with van der Waals surface area (Å²) in [7, 11) is 0. The maximum atomic E-state index is 5.99. The van der Waals surface area contributed by atoms with Gasteiger partial charge in [-0.2, -0.15) is 0 Å². The summed E-state index contributed by atoms with van der Waals surface area (Å²) in [5.74, 6) is 0.932. The maximum absolute atomic E-state index is 5.99. The molecule has 6 aromatic heterocycles. The minimum Gasteiger partial charge on any atom is -0.354 e. The van der Waals surface area contributed by atoms with Crippen molar-refractivity contribution in [2.45, 2.75) is 0 Å². The van der Waals surface area contributed by atoms with Crippen molar-refractivity contribution >= 4 is 142 Å². The number of fused-ring (bicyclic) bond motifs is 22. The molecule has 0 bridgehead atoms. The van der Waals surface area contributed by atoms with Crippen LogP contribution in [0.15, 0.2) is 352 Å². The Kier molecular flexibility index (Phi) is 13.0. The number of nitrogens with zero attached hydrogens (tertiary/aromatic N) is 5. The molecule has 22 aromatic rings. The molecule has 0 aliphatic heterocycles. The molecule has 1 N–H and O–H groups in total. The standard InChI is InChI=1S/C49H29N3.C34H22N2.C15H8ClN/c1-2-13-34(14-3-1)51-42-19-7-6-16-36(42)40-28-32(21-24-43(40)51)33-22-25-44-41(29-33)48-35-15-5-4-10-30(35)20-26-45(48)52(44)46-27-23-38-37-17-8-11-31-12-9-18-39(47(31)37)49(38)50-46;1-2-9-25(10-3-1)36-32-13-7-6-12-27(32)28-20-24(16-19-33(28)36)23-15-17-30-29(21-23)34-26-11-5-4-8-22(26)14-18-31(34)35-30;16-13-8-7-11-10-5-1-3-9-4-2-6-12(14(9)10)15(11)17-13/h1-29H;1-21,35H;1-8H. The first-order valence-corrected chi connectivity index (χ1v) is 36.2. The summed E-state index contributed by atoms with van der Waals surface area (Å²) in [6.45, 7) is 0. The Morgan fingerprint density at radius 1 is 0.229 bits per heavy atom. The number of H-pyrrole nitrogens is 1. The Morgan fingerprint density at radius 3 is 1.21 bits per heavy atom.